The molecule has 1 aromatic heterocycles. The van der Waals surface area contributed by atoms with Gasteiger partial charge in [0.25, 0.3) is 0 Å². The van der Waals surface area contributed by atoms with Crippen molar-refractivity contribution in [3.8, 4) is 0 Å². The van der Waals surface area contributed by atoms with Crippen LogP contribution in [0.2, 0.25) is 0 Å². The molecule has 2 rings (SSSR count). The summed E-state index contributed by atoms with van der Waals surface area (Å²) in [5, 5.41) is 3.50. The van der Waals surface area contributed by atoms with Crippen LogP contribution in [0.3, 0.4) is 0 Å². The van der Waals surface area contributed by atoms with Crippen molar-refractivity contribution in [1.82, 2.24) is 9.88 Å². The first-order valence-electron chi connectivity index (χ1n) is 6.22. The number of nitrogens with zero attached hydrogens (tertiary/aromatic N) is 1. The highest BCUT2D eigenvalue weighted by molar-refractivity contribution is 5.06. The van der Waals surface area contributed by atoms with Gasteiger partial charge in [0.2, 0.25) is 0 Å². The summed E-state index contributed by atoms with van der Waals surface area (Å²) < 4.78 is 8.02. The smallest absolute Gasteiger partial charge is 0.0779 e. The highest BCUT2D eigenvalue weighted by Crippen LogP contribution is 2.23. The predicted octanol–water partition coefficient (Wildman–Crippen LogP) is 2.17. The van der Waals surface area contributed by atoms with Crippen molar-refractivity contribution >= 4 is 0 Å². The fourth-order valence-corrected chi connectivity index (χ4v) is 2.35. The Kier molecular flexibility index (Phi) is 3.66. The monoisotopic (exact) mass is 222 g/mol. The summed E-state index contributed by atoms with van der Waals surface area (Å²) in [6, 6.07) is 4.28. The van der Waals surface area contributed by atoms with E-state index in [0.717, 1.165) is 26.2 Å². The largest absolute Gasteiger partial charge is 0.374 e. The molecule has 1 unspecified atom stereocenters. The van der Waals surface area contributed by atoms with Gasteiger partial charge in [0.15, 0.2) is 0 Å². The molecule has 1 aliphatic heterocycles. The number of aromatic nitrogens is 1. The van der Waals surface area contributed by atoms with Gasteiger partial charge in [0, 0.05) is 38.1 Å². The Morgan fingerprint density at radius 2 is 2.44 bits per heavy atom. The van der Waals surface area contributed by atoms with Gasteiger partial charge in [-0.25, -0.2) is 0 Å². The topological polar surface area (TPSA) is 26.2 Å². The van der Waals surface area contributed by atoms with Crippen LogP contribution in [0.5, 0.6) is 0 Å². The van der Waals surface area contributed by atoms with Crippen LogP contribution >= 0.6 is 0 Å². The molecule has 3 heteroatoms. The summed E-state index contributed by atoms with van der Waals surface area (Å²) >= 11 is 0. The van der Waals surface area contributed by atoms with Gasteiger partial charge in [-0.1, -0.05) is 0 Å². The van der Waals surface area contributed by atoms with Gasteiger partial charge in [-0.05, 0) is 38.8 Å². The van der Waals surface area contributed by atoms with Crippen LogP contribution in [0.15, 0.2) is 18.3 Å². The van der Waals surface area contributed by atoms with Gasteiger partial charge in [-0.2, -0.15) is 0 Å². The second-order valence-electron chi connectivity index (χ2n) is 4.79. The summed E-state index contributed by atoms with van der Waals surface area (Å²) in [5.74, 6) is 0. The molecule has 0 radical (unpaired) electrons. The van der Waals surface area contributed by atoms with E-state index in [9.17, 15) is 0 Å². The van der Waals surface area contributed by atoms with E-state index >= 15 is 0 Å². The number of rotatable bonds is 5. The van der Waals surface area contributed by atoms with E-state index in [-0.39, 0.29) is 5.60 Å². The van der Waals surface area contributed by atoms with Crippen molar-refractivity contribution in [2.24, 2.45) is 0 Å². The number of hydrogen-bond acceptors (Lipinski definition) is 2. The molecular formula is C13H22N2O. The Morgan fingerprint density at radius 3 is 3.12 bits per heavy atom. The van der Waals surface area contributed by atoms with Crippen molar-refractivity contribution in [3.05, 3.63) is 24.0 Å². The third-order valence-electron chi connectivity index (χ3n) is 3.37. The van der Waals surface area contributed by atoms with Crippen LogP contribution in [-0.4, -0.2) is 23.3 Å². The van der Waals surface area contributed by atoms with Crippen LogP contribution in [0.4, 0.5) is 0 Å². The number of aryl methyl sites for hydroxylation is 1. The molecule has 0 aliphatic carbocycles. The number of ether oxygens (including phenoxy) is 1. The Hall–Kier alpha value is -0.800. The molecule has 0 saturated carbocycles. The van der Waals surface area contributed by atoms with E-state index in [1.165, 1.54) is 18.5 Å². The maximum absolute atomic E-state index is 5.75. The van der Waals surface area contributed by atoms with Gasteiger partial charge in [-0.15, -0.1) is 0 Å². The summed E-state index contributed by atoms with van der Waals surface area (Å²) in [5.41, 5.74) is 1.41. The lowest BCUT2D eigenvalue weighted by atomic mass is 10.0. The van der Waals surface area contributed by atoms with Crippen LogP contribution in [0.1, 0.15) is 32.4 Å². The summed E-state index contributed by atoms with van der Waals surface area (Å²) in [6.45, 7) is 8.21. The molecule has 0 amide bonds. The Bertz CT molecular complexity index is 326. The average Bonchev–Trinajstić information content (AvgIpc) is 2.88. The van der Waals surface area contributed by atoms with Gasteiger partial charge in [0.1, 0.15) is 0 Å². The maximum Gasteiger partial charge on any atom is 0.0779 e. The summed E-state index contributed by atoms with van der Waals surface area (Å²) in [4.78, 5) is 0. The summed E-state index contributed by atoms with van der Waals surface area (Å²) in [6.07, 6.45) is 4.50. The highest BCUT2D eigenvalue weighted by atomic mass is 16.5. The molecule has 1 aliphatic rings. The first-order chi connectivity index (χ1) is 7.73. The fourth-order valence-electron chi connectivity index (χ4n) is 2.35. The van der Waals surface area contributed by atoms with E-state index in [1.54, 1.807) is 0 Å². The normalized spacial score (nSPS) is 25.1. The molecule has 1 atom stereocenters. The van der Waals surface area contributed by atoms with Gasteiger partial charge >= 0.3 is 0 Å². The standard InChI is InChI=1S/C13H22N2O/c1-3-15-8-4-6-12(15)10-14-11-13(2)7-5-9-16-13/h4,6,8,14H,3,5,7,9-11H2,1-2H3. The van der Waals surface area contributed by atoms with Crippen molar-refractivity contribution in [3.63, 3.8) is 0 Å². The third-order valence-corrected chi connectivity index (χ3v) is 3.37. The lowest BCUT2D eigenvalue weighted by molar-refractivity contribution is 0.0206. The highest BCUT2D eigenvalue weighted by Gasteiger charge is 2.28. The summed E-state index contributed by atoms with van der Waals surface area (Å²) in [7, 11) is 0. The van der Waals surface area contributed by atoms with Gasteiger partial charge in [0.05, 0.1) is 5.60 Å². The van der Waals surface area contributed by atoms with E-state index in [1.807, 2.05) is 0 Å². The molecule has 0 aromatic carbocycles. The van der Waals surface area contributed by atoms with Crippen LogP contribution in [-0.2, 0) is 17.8 Å². The minimum Gasteiger partial charge on any atom is -0.374 e. The molecule has 2 heterocycles. The average molecular weight is 222 g/mol. The first kappa shape index (κ1) is 11.7. The van der Waals surface area contributed by atoms with Crippen molar-refractivity contribution in [2.75, 3.05) is 13.2 Å². The van der Waals surface area contributed by atoms with Crippen LogP contribution < -0.4 is 5.32 Å². The molecule has 0 spiro atoms. The third kappa shape index (κ3) is 2.66. The molecule has 1 N–H and O–H groups in total. The molecule has 90 valence electrons. The lowest BCUT2D eigenvalue weighted by Gasteiger charge is -2.23. The van der Waals surface area contributed by atoms with Crippen molar-refractivity contribution in [2.45, 2.75) is 45.4 Å². The molecule has 1 aromatic rings. The molecule has 0 bridgehead atoms. The number of hydrogen-bond donors (Lipinski definition) is 1. The quantitative estimate of drug-likeness (QED) is 0.826. The molecule has 16 heavy (non-hydrogen) atoms. The zero-order chi connectivity index (χ0) is 11.4. The minimum atomic E-state index is 0.0592. The first-order valence-corrected chi connectivity index (χ1v) is 6.22. The fraction of sp³-hybridized carbons (Fsp3) is 0.692. The van der Waals surface area contributed by atoms with Crippen molar-refractivity contribution < 1.29 is 4.74 Å². The van der Waals surface area contributed by atoms with E-state index in [0.29, 0.717) is 0 Å². The molecule has 1 saturated heterocycles. The van der Waals surface area contributed by atoms with Crippen LogP contribution in [0.25, 0.3) is 0 Å². The van der Waals surface area contributed by atoms with Gasteiger partial charge < -0.3 is 14.6 Å². The second kappa shape index (κ2) is 5.02. The lowest BCUT2D eigenvalue weighted by Crippen LogP contribution is -2.37. The van der Waals surface area contributed by atoms with Gasteiger partial charge in [-0.3, -0.25) is 0 Å². The Balaban J connectivity index is 1.79. The Morgan fingerprint density at radius 1 is 1.56 bits per heavy atom. The van der Waals surface area contributed by atoms with Crippen LogP contribution in [0, 0.1) is 0 Å². The molecule has 3 nitrogen and oxygen atoms in total. The molecule has 1 fully saturated rings. The van der Waals surface area contributed by atoms with E-state index in [4.69, 9.17) is 4.74 Å². The minimum absolute atomic E-state index is 0.0592. The maximum atomic E-state index is 5.75. The second-order valence-corrected chi connectivity index (χ2v) is 4.79. The SMILES string of the molecule is CCn1cccc1CNCC1(C)CCCO1. The number of nitrogens with one attached hydrogen (secondary N) is 1. The Labute approximate surface area is 97.8 Å². The van der Waals surface area contributed by atoms with E-state index in [2.05, 4.69) is 42.1 Å². The van der Waals surface area contributed by atoms with Crippen molar-refractivity contribution in [1.29, 1.82) is 0 Å². The van der Waals surface area contributed by atoms with E-state index < -0.39 is 0 Å². The zero-order valence-electron chi connectivity index (χ0n) is 10.3. The molecular weight excluding hydrogens is 200 g/mol. The predicted molar refractivity (Wildman–Crippen MR) is 65.4 cm³/mol. The zero-order valence-corrected chi connectivity index (χ0v) is 10.3.